The molecule has 0 aromatic heterocycles. The molecule has 0 heterocycles. The molecule has 2 N–H and O–H groups in total. The number of anilines is 2. The largest absolute Gasteiger partial charge is 0.493 e. The van der Waals surface area contributed by atoms with E-state index in [1.54, 1.807) is 24.3 Å². The lowest BCUT2D eigenvalue weighted by molar-refractivity contribution is -0.125. The van der Waals surface area contributed by atoms with Gasteiger partial charge in [0.1, 0.15) is 5.75 Å². The highest BCUT2D eigenvalue weighted by atomic mass is 16.5. The normalized spacial score (nSPS) is 10.2. The maximum atomic E-state index is 12.3. The molecule has 0 atom stereocenters. The van der Waals surface area contributed by atoms with Gasteiger partial charge in [-0.15, -0.1) is 0 Å². The number of ether oxygens (including phenoxy) is 1. The predicted octanol–water partition coefficient (Wildman–Crippen LogP) is 2.93. The lowest BCUT2D eigenvalue weighted by Crippen LogP contribution is -2.36. The van der Waals surface area contributed by atoms with Gasteiger partial charge in [-0.05, 0) is 48.9 Å². The zero-order chi connectivity index (χ0) is 16.8. The van der Waals surface area contributed by atoms with Gasteiger partial charge in [0, 0.05) is 12.6 Å². The van der Waals surface area contributed by atoms with Gasteiger partial charge in [0.2, 0.25) is 11.8 Å². The summed E-state index contributed by atoms with van der Waals surface area (Å²) in [6, 6.07) is 14.2. The maximum absolute atomic E-state index is 12.3. The highest BCUT2D eigenvalue weighted by Crippen LogP contribution is 2.18. The molecule has 0 unspecified atom stereocenters. The number of nitrogens with zero attached hydrogens (tertiary/aromatic N) is 1. The third-order valence-electron chi connectivity index (χ3n) is 3.29. The minimum atomic E-state index is -0.338. The predicted molar refractivity (Wildman–Crippen MR) is 90.3 cm³/mol. The number of nitrogens with two attached hydrogens (primary N) is 1. The highest BCUT2D eigenvalue weighted by molar-refractivity contribution is 6.14. The summed E-state index contributed by atoms with van der Waals surface area (Å²) >= 11 is 0. The number of aryl methyl sites for hydroxylation is 1. The number of benzene rings is 2. The molecule has 120 valence electrons. The second kappa shape index (κ2) is 7.45. The van der Waals surface area contributed by atoms with Crippen LogP contribution in [0.1, 0.15) is 18.9 Å². The Labute approximate surface area is 135 Å². The van der Waals surface area contributed by atoms with Crippen LogP contribution in [0.3, 0.4) is 0 Å². The minimum absolute atomic E-state index is 0.109. The molecule has 0 fully saturated rings. The molecule has 0 aliphatic carbocycles. The Hall–Kier alpha value is -2.82. The zero-order valence-electron chi connectivity index (χ0n) is 13.3. The lowest BCUT2D eigenvalue weighted by atomic mass is 10.2. The number of nitrogen functional groups attached to an aromatic ring is 1. The van der Waals surface area contributed by atoms with E-state index in [2.05, 4.69) is 0 Å². The smallest absolute Gasteiger partial charge is 0.237 e. The topological polar surface area (TPSA) is 72.6 Å². The molecule has 0 bridgehead atoms. The number of imide groups is 1. The van der Waals surface area contributed by atoms with Gasteiger partial charge in [-0.1, -0.05) is 12.1 Å². The van der Waals surface area contributed by atoms with Crippen molar-refractivity contribution in [1.82, 2.24) is 0 Å². The quantitative estimate of drug-likeness (QED) is 0.862. The zero-order valence-corrected chi connectivity index (χ0v) is 13.3. The fourth-order valence-corrected chi connectivity index (χ4v) is 2.20. The fraction of sp³-hybridized carbons (Fsp3) is 0.222. The third-order valence-corrected chi connectivity index (χ3v) is 3.29. The van der Waals surface area contributed by atoms with Gasteiger partial charge in [0.15, 0.2) is 0 Å². The van der Waals surface area contributed by atoms with E-state index in [1.807, 2.05) is 31.2 Å². The van der Waals surface area contributed by atoms with Crippen LogP contribution in [0.4, 0.5) is 11.4 Å². The fourth-order valence-electron chi connectivity index (χ4n) is 2.20. The van der Waals surface area contributed by atoms with Gasteiger partial charge in [-0.3, -0.25) is 14.5 Å². The summed E-state index contributed by atoms with van der Waals surface area (Å²) in [7, 11) is 0. The van der Waals surface area contributed by atoms with E-state index >= 15 is 0 Å². The molecule has 0 aliphatic rings. The molecule has 2 amide bonds. The summed E-state index contributed by atoms with van der Waals surface area (Å²) in [4.78, 5) is 25.2. The van der Waals surface area contributed by atoms with Crippen LogP contribution in [-0.4, -0.2) is 18.4 Å². The Bertz CT molecular complexity index is 696. The molecule has 23 heavy (non-hydrogen) atoms. The standard InChI is InChI=1S/C18H20N2O3/c1-13-4-3-5-17(12-13)23-11-10-18(22)20(14(2)21)16-8-6-15(19)7-9-16/h3-9,12H,10-11,19H2,1-2H3. The molecular weight excluding hydrogens is 292 g/mol. The van der Waals surface area contributed by atoms with Gasteiger partial charge in [-0.2, -0.15) is 0 Å². The van der Waals surface area contributed by atoms with Crippen molar-refractivity contribution in [2.45, 2.75) is 20.3 Å². The van der Waals surface area contributed by atoms with E-state index in [1.165, 1.54) is 6.92 Å². The van der Waals surface area contributed by atoms with Crippen molar-refractivity contribution in [1.29, 1.82) is 0 Å². The van der Waals surface area contributed by atoms with Crippen molar-refractivity contribution in [2.24, 2.45) is 0 Å². The van der Waals surface area contributed by atoms with E-state index in [-0.39, 0.29) is 24.8 Å². The molecule has 5 nitrogen and oxygen atoms in total. The minimum Gasteiger partial charge on any atom is -0.493 e. The number of hydrogen-bond donors (Lipinski definition) is 1. The van der Waals surface area contributed by atoms with Crippen LogP contribution < -0.4 is 15.4 Å². The summed E-state index contributed by atoms with van der Waals surface area (Å²) in [6.07, 6.45) is 0.109. The molecule has 2 aromatic carbocycles. The van der Waals surface area contributed by atoms with E-state index in [0.717, 1.165) is 10.5 Å². The van der Waals surface area contributed by atoms with Gasteiger partial charge in [0.25, 0.3) is 0 Å². The number of carbonyl (C=O) groups is 2. The van der Waals surface area contributed by atoms with Gasteiger partial charge < -0.3 is 10.5 Å². The first-order chi connectivity index (χ1) is 11.0. The number of amides is 2. The summed E-state index contributed by atoms with van der Waals surface area (Å²) in [5, 5.41) is 0. The van der Waals surface area contributed by atoms with Gasteiger partial charge >= 0.3 is 0 Å². The van der Waals surface area contributed by atoms with E-state index in [0.29, 0.717) is 17.1 Å². The first-order valence-corrected chi connectivity index (χ1v) is 7.36. The molecule has 0 aliphatic heterocycles. The van der Waals surface area contributed by atoms with Crippen LogP contribution >= 0.6 is 0 Å². The summed E-state index contributed by atoms with van der Waals surface area (Å²) in [5.41, 5.74) is 7.79. The van der Waals surface area contributed by atoms with Crippen LogP contribution in [0.5, 0.6) is 5.75 Å². The molecule has 5 heteroatoms. The molecular formula is C18H20N2O3. The van der Waals surface area contributed by atoms with E-state index in [9.17, 15) is 9.59 Å². The molecule has 0 radical (unpaired) electrons. The van der Waals surface area contributed by atoms with Crippen molar-refractivity contribution in [3.05, 3.63) is 54.1 Å². The SMILES string of the molecule is CC(=O)N(C(=O)CCOc1cccc(C)c1)c1ccc(N)cc1. The maximum Gasteiger partial charge on any atom is 0.237 e. The first kappa shape index (κ1) is 16.5. The van der Waals surface area contributed by atoms with Crippen LogP contribution in [0.2, 0.25) is 0 Å². The monoisotopic (exact) mass is 312 g/mol. The van der Waals surface area contributed by atoms with Crippen molar-refractivity contribution in [3.8, 4) is 5.75 Å². The molecule has 0 saturated carbocycles. The van der Waals surface area contributed by atoms with Crippen LogP contribution in [-0.2, 0) is 9.59 Å². The average Bonchev–Trinajstić information content (AvgIpc) is 2.49. The van der Waals surface area contributed by atoms with Crippen molar-refractivity contribution >= 4 is 23.2 Å². The van der Waals surface area contributed by atoms with Gasteiger partial charge in [-0.25, -0.2) is 0 Å². The summed E-state index contributed by atoms with van der Waals surface area (Å²) < 4.78 is 5.56. The second-order valence-corrected chi connectivity index (χ2v) is 5.25. The van der Waals surface area contributed by atoms with Gasteiger partial charge in [0.05, 0.1) is 18.7 Å². The number of rotatable bonds is 5. The van der Waals surface area contributed by atoms with Crippen LogP contribution in [0.25, 0.3) is 0 Å². The Morgan fingerprint density at radius 2 is 1.83 bits per heavy atom. The first-order valence-electron chi connectivity index (χ1n) is 7.36. The Morgan fingerprint density at radius 3 is 2.43 bits per heavy atom. The van der Waals surface area contributed by atoms with Crippen molar-refractivity contribution < 1.29 is 14.3 Å². The summed E-state index contributed by atoms with van der Waals surface area (Å²) in [5.74, 6) is 0.0601. The Morgan fingerprint density at radius 1 is 1.13 bits per heavy atom. The third kappa shape index (κ3) is 4.57. The molecule has 2 aromatic rings. The van der Waals surface area contributed by atoms with E-state index in [4.69, 9.17) is 10.5 Å². The number of hydrogen-bond acceptors (Lipinski definition) is 4. The van der Waals surface area contributed by atoms with Crippen molar-refractivity contribution in [2.75, 3.05) is 17.2 Å². The second-order valence-electron chi connectivity index (χ2n) is 5.25. The highest BCUT2D eigenvalue weighted by Gasteiger charge is 2.19. The molecule has 2 rings (SSSR count). The number of carbonyl (C=O) groups excluding carboxylic acids is 2. The van der Waals surface area contributed by atoms with Crippen LogP contribution in [0, 0.1) is 6.92 Å². The molecule has 0 saturated heterocycles. The lowest BCUT2D eigenvalue weighted by Gasteiger charge is -2.19. The average molecular weight is 312 g/mol. The van der Waals surface area contributed by atoms with Crippen molar-refractivity contribution in [3.63, 3.8) is 0 Å². The molecule has 0 spiro atoms. The van der Waals surface area contributed by atoms with E-state index < -0.39 is 0 Å². The Kier molecular flexibility index (Phi) is 5.36. The summed E-state index contributed by atoms with van der Waals surface area (Å²) in [6.45, 7) is 3.54. The van der Waals surface area contributed by atoms with Crippen LogP contribution in [0.15, 0.2) is 48.5 Å². The Balaban J connectivity index is 1.99.